The van der Waals surface area contributed by atoms with Gasteiger partial charge in [-0.1, -0.05) is 17.7 Å². The first kappa shape index (κ1) is 21.4. The molecule has 8 nitrogen and oxygen atoms in total. The number of halogens is 1. The monoisotopic (exact) mass is 436 g/mol. The van der Waals surface area contributed by atoms with E-state index in [-0.39, 0.29) is 11.4 Å². The molecule has 0 radical (unpaired) electrons. The van der Waals surface area contributed by atoms with Gasteiger partial charge in [0.05, 0.1) is 0 Å². The van der Waals surface area contributed by atoms with Gasteiger partial charge in [-0.25, -0.2) is 13.1 Å². The van der Waals surface area contributed by atoms with Crippen LogP contribution in [0.2, 0.25) is 5.02 Å². The molecule has 2 heterocycles. The Hall–Kier alpha value is -2.36. The maximum Gasteiger partial charge on any atom is 0.242 e. The van der Waals surface area contributed by atoms with Gasteiger partial charge in [-0.2, -0.15) is 0 Å². The zero-order chi connectivity index (χ0) is 20.7. The Balaban J connectivity index is 1.45. The quantitative estimate of drug-likeness (QED) is 0.404. The predicted molar refractivity (Wildman–Crippen MR) is 116 cm³/mol. The summed E-state index contributed by atoms with van der Waals surface area (Å²) in [5, 5.41) is 3.95. The summed E-state index contributed by atoms with van der Waals surface area (Å²) >= 11 is 6.09. The number of nitrogens with zero attached hydrogens (tertiary/aromatic N) is 4. The Labute approximate surface area is 176 Å². The molecule has 2 aromatic rings. The van der Waals surface area contributed by atoms with Crippen LogP contribution in [0.15, 0.2) is 58.7 Å². The molecule has 1 aliphatic rings. The molecule has 10 heteroatoms. The summed E-state index contributed by atoms with van der Waals surface area (Å²) in [5.74, 6) is 0.760. The lowest BCUT2D eigenvalue weighted by Gasteiger charge is -2.37. The molecule has 0 unspecified atom stereocenters. The van der Waals surface area contributed by atoms with E-state index in [1.165, 1.54) is 18.5 Å². The number of hydrogen-bond acceptors (Lipinski definition) is 5. The maximum atomic E-state index is 12.2. The number of guanidine groups is 1. The number of pyridine rings is 1. The Morgan fingerprint density at radius 3 is 2.62 bits per heavy atom. The molecular weight excluding hydrogens is 412 g/mol. The summed E-state index contributed by atoms with van der Waals surface area (Å²) in [6.45, 7) is 4.02. The van der Waals surface area contributed by atoms with Crippen molar-refractivity contribution in [2.75, 3.05) is 51.2 Å². The molecule has 2 N–H and O–H groups in total. The smallest absolute Gasteiger partial charge is 0.242 e. The van der Waals surface area contributed by atoms with E-state index in [2.05, 4.69) is 35.9 Å². The van der Waals surface area contributed by atoms with Crippen molar-refractivity contribution in [3.63, 3.8) is 0 Å². The van der Waals surface area contributed by atoms with Gasteiger partial charge in [0.25, 0.3) is 0 Å². The van der Waals surface area contributed by atoms with Crippen molar-refractivity contribution in [3.05, 3.63) is 53.8 Å². The average molecular weight is 437 g/mol. The molecule has 29 heavy (non-hydrogen) atoms. The minimum absolute atomic E-state index is 0.154. The maximum absolute atomic E-state index is 12.2. The second-order valence-corrected chi connectivity index (χ2v) is 8.72. The number of benzene rings is 1. The first-order chi connectivity index (χ1) is 14.0. The van der Waals surface area contributed by atoms with Crippen molar-refractivity contribution in [2.24, 2.45) is 4.99 Å². The molecule has 0 amide bonds. The van der Waals surface area contributed by atoms with E-state index < -0.39 is 10.0 Å². The fourth-order valence-corrected chi connectivity index (χ4v) is 4.31. The van der Waals surface area contributed by atoms with E-state index in [1.54, 1.807) is 13.1 Å². The first-order valence-electron chi connectivity index (χ1n) is 9.35. The third-order valence-corrected chi connectivity index (χ3v) is 6.29. The molecule has 0 atom stereocenters. The second-order valence-electron chi connectivity index (χ2n) is 6.51. The fraction of sp³-hybridized carbons (Fsp3) is 0.368. The highest BCUT2D eigenvalue weighted by atomic mass is 35.5. The van der Waals surface area contributed by atoms with Gasteiger partial charge in [0.15, 0.2) is 5.96 Å². The Kier molecular flexibility index (Phi) is 7.29. The highest BCUT2D eigenvalue weighted by molar-refractivity contribution is 7.89. The van der Waals surface area contributed by atoms with E-state index in [0.717, 1.165) is 42.8 Å². The Morgan fingerprint density at radius 2 is 1.97 bits per heavy atom. The molecule has 0 saturated carbocycles. The van der Waals surface area contributed by atoms with E-state index in [9.17, 15) is 8.42 Å². The third kappa shape index (κ3) is 5.81. The van der Waals surface area contributed by atoms with Crippen LogP contribution in [0, 0.1) is 0 Å². The second kappa shape index (κ2) is 9.91. The molecule has 1 aromatic carbocycles. The molecule has 0 bridgehead atoms. The number of anilines is 1. The summed E-state index contributed by atoms with van der Waals surface area (Å²) in [6.07, 6.45) is 2.87. The van der Waals surface area contributed by atoms with Crippen molar-refractivity contribution >= 4 is 33.3 Å². The molecule has 0 spiro atoms. The summed E-state index contributed by atoms with van der Waals surface area (Å²) < 4.78 is 27.0. The van der Waals surface area contributed by atoms with E-state index >= 15 is 0 Å². The summed E-state index contributed by atoms with van der Waals surface area (Å²) in [7, 11) is -1.83. The van der Waals surface area contributed by atoms with Crippen molar-refractivity contribution in [1.29, 1.82) is 0 Å². The highest BCUT2D eigenvalue weighted by Crippen LogP contribution is 2.20. The van der Waals surface area contributed by atoms with Crippen LogP contribution in [0.3, 0.4) is 0 Å². The number of aliphatic imine (C=N–C) groups is 1. The minimum Gasteiger partial charge on any atom is -0.368 e. The van der Waals surface area contributed by atoms with E-state index in [4.69, 9.17) is 11.6 Å². The van der Waals surface area contributed by atoms with Crippen LogP contribution in [-0.2, 0) is 10.0 Å². The summed E-state index contributed by atoms with van der Waals surface area (Å²) in [6, 6.07) is 11.0. The van der Waals surface area contributed by atoms with Gasteiger partial charge in [0.2, 0.25) is 10.0 Å². The van der Waals surface area contributed by atoms with Crippen LogP contribution in [0.5, 0.6) is 0 Å². The van der Waals surface area contributed by atoms with Crippen molar-refractivity contribution in [1.82, 2.24) is 19.9 Å². The van der Waals surface area contributed by atoms with Crippen molar-refractivity contribution in [2.45, 2.75) is 4.90 Å². The van der Waals surface area contributed by atoms with E-state index in [0.29, 0.717) is 6.54 Å². The number of sulfonamides is 1. The molecule has 1 saturated heterocycles. The lowest BCUT2D eigenvalue weighted by molar-refractivity contribution is 0.373. The number of rotatable bonds is 6. The summed E-state index contributed by atoms with van der Waals surface area (Å²) in [5.41, 5.74) is 1.12. The lowest BCUT2D eigenvalue weighted by Crippen LogP contribution is -2.53. The molecule has 1 fully saturated rings. The predicted octanol–water partition coefficient (Wildman–Crippen LogP) is 1.41. The van der Waals surface area contributed by atoms with Crippen molar-refractivity contribution < 1.29 is 8.42 Å². The van der Waals surface area contributed by atoms with Crippen LogP contribution in [0.1, 0.15) is 0 Å². The number of nitrogens with one attached hydrogen (secondary N) is 2. The topological polar surface area (TPSA) is 89.9 Å². The van der Waals surface area contributed by atoms with Crippen LogP contribution in [0.25, 0.3) is 0 Å². The molecule has 1 aromatic heterocycles. The van der Waals surface area contributed by atoms with Crippen LogP contribution < -0.4 is 14.9 Å². The normalized spacial score (nSPS) is 15.4. The largest absolute Gasteiger partial charge is 0.368 e. The van der Waals surface area contributed by atoms with Gasteiger partial charge in [-0.15, -0.1) is 0 Å². The highest BCUT2D eigenvalue weighted by Gasteiger charge is 2.20. The number of piperazine rings is 1. The van der Waals surface area contributed by atoms with Crippen LogP contribution in [-0.4, -0.2) is 70.6 Å². The van der Waals surface area contributed by atoms with Gasteiger partial charge in [-0.05, 0) is 30.3 Å². The first-order valence-corrected chi connectivity index (χ1v) is 11.2. The third-order valence-electron chi connectivity index (χ3n) is 4.61. The van der Waals surface area contributed by atoms with E-state index in [1.807, 2.05) is 18.2 Å². The standard InChI is InChI=1S/C19H25ClN6O2S/c1-21-19(23-8-9-24-29(27,28)18-6-3-7-22-15-18)26-12-10-25(11-13-26)17-5-2-4-16(20)14-17/h2-7,14-15,24H,8-13H2,1H3,(H,21,23). The van der Waals surface area contributed by atoms with Crippen LogP contribution in [0.4, 0.5) is 5.69 Å². The molecular formula is C19H25ClN6O2S. The zero-order valence-electron chi connectivity index (χ0n) is 16.3. The van der Waals surface area contributed by atoms with Gasteiger partial charge in [-0.3, -0.25) is 9.98 Å². The summed E-state index contributed by atoms with van der Waals surface area (Å²) in [4.78, 5) is 12.8. The molecule has 1 aliphatic heterocycles. The fourth-order valence-electron chi connectivity index (χ4n) is 3.13. The van der Waals surface area contributed by atoms with Crippen LogP contribution >= 0.6 is 11.6 Å². The number of aromatic nitrogens is 1. The lowest BCUT2D eigenvalue weighted by atomic mass is 10.2. The Morgan fingerprint density at radius 1 is 1.17 bits per heavy atom. The van der Waals surface area contributed by atoms with Gasteiger partial charge < -0.3 is 15.1 Å². The Bertz CT molecular complexity index is 931. The molecule has 0 aliphatic carbocycles. The van der Waals surface area contributed by atoms with Crippen molar-refractivity contribution in [3.8, 4) is 0 Å². The molecule has 3 rings (SSSR count). The van der Waals surface area contributed by atoms with Gasteiger partial charge in [0, 0.05) is 69.4 Å². The van der Waals surface area contributed by atoms with Gasteiger partial charge >= 0.3 is 0 Å². The average Bonchev–Trinajstić information content (AvgIpc) is 2.75. The molecule has 156 valence electrons. The number of hydrogen-bond donors (Lipinski definition) is 2. The minimum atomic E-state index is -3.55. The van der Waals surface area contributed by atoms with Gasteiger partial charge in [0.1, 0.15) is 4.90 Å². The zero-order valence-corrected chi connectivity index (χ0v) is 17.8. The SMILES string of the molecule is CN=C(NCCNS(=O)(=O)c1cccnc1)N1CCN(c2cccc(Cl)c2)CC1.